The van der Waals surface area contributed by atoms with Crippen LogP contribution in [0.25, 0.3) is 31.3 Å². The number of benzene rings is 9. The molecule has 1 aliphatic carbocycles. The molecule has 1 spiro atoms. The highest BCUT2D eigenvalue weighted by Crippen LogP contribution is 2.62. The van der Waals surface area contributed by atoms with Crippen LogP contribution in [0.5, 0.6) is 11.5 Å². The summed E-state index contributed by atoms with van der Waals surface area (Å²) < 4.78 is 94.9. The molecule has 0 unspecified atom stereocenters. The molecule has 9 aromatic carbocycles. The number of hydrogen-bond donors (Lipinski definition) is 0. The zero-order chi connectivity index (χ0) is 47.6. The predicted octanol–water partition coefficient (Wildman–Crippen LogP) is 15.5. The minimum Gasteiger partial charge on any atom is -0.457 e. The smallest absolute Gasteiger partial charge is 0.132 e. The van der Waals surface area contributed by atoms with Crippen LogP contribution < -0.4 is 14.5 Å². The Kier molecular flexibility index (Phi) is 5.67. The average molecular weight is 783 g/mol. The Labute approximate surface area is 361 Å². The first-order valence-corrected chi connectivity index (χ1v) is 20.1. The highest BCUT2D eigenvalue weighted by molar-refractivity contribution is 7.26. The lowest BCUT2D eigenvalue weighted by atomic mass is 9.66. The van der Waals surface area contributed by atoms with E-state index in [0.29, 0.717) is 0 Å². The summed E-state index contributed by atoms with van der Waals surface area (Å²) in [4.78, 5) is 3.45. The highest BCUT2D eigenvalue weighted by Gasteiger charge is 2.51. The third-order valence-corrected chi connectivity index (χ3v) is 12.7. The van der Waals surface area contributed by atoms with Crippen LogP contribution in [0.2, 0.25) is 0 Å². The number of fused-ring (bicyclic) bond motifs is 12. The van der Waals surface area contributed by atoms with Gasteiger partial charge in [0.25, 0.3) is 0 Å². The van der Waals surface area contributed by atoms with Crippen molar-refractivity contribution in [3.8, 4) is 22.6 Å². The molecule has 0 amide bonds. The quantitative estimate of drug-likeness (QED) is 0.167. The predicted molar refractivity (Wildman–Crippen MR) is 246 cm³/mol. The SMILES string of the molecule is [2H]c1c([2H])c([2H])c(N(c2ccc3c(c2)sc2c(N(c4ccccc4)c4ccc5c(c4)-c4ccccc4C54c5ccccc5Oc5ccccc54)cccc23)c2c([2H])c([2H])c([2H])c([2H])c2[2H])c([2H])c1[2H]. The van der Waals surface area contributed by atoms with E-state index in [1.807, 2.05) is 60.7 Å². The van der Waals surface area contributed by atoms with Gasteiger partial charge in [0.05, 0.1) is 29.5 Å². The Bertz CT molecular complexity index is 3650. The number of para-hydroxylation sites is 5. The molecular formula is C55H36N2OS. The lowest BCUT2D eigenvalue weighted by Gasteiger charge is -2.39. The third-order valence-electron chi connectivity index (χ3n) is 11.5. The van der Waals surface area contributed by atoms with E-state index in [0.717, 1.165) is 76.6 Å². The Morgan fingerprint density at radius 3 is 1.73 bits per heavy atom. The monoisotopic (exact) mass is 782 g/mol. The summed E-state index contributed by atoms with van der Waals surface area (Å²) in [7, 11) is 0. The van der Waals surface area contributed by atoms with Gasteiger partial charge in [0.1, 0.15) is 11.5 Å². The van der Waals surface area contributed by atoms with E-state index in [4.69, 9.17) is 18.4 Å². The molecule has 10 aromatic rings. The van der Waals surface area contributed by atoms with E-state index in [9.17, 15) is 0 Å². The summed E-state index contributed by atoms with van der Waals surface area (Å²) >= 11 is 1.50. The van der Waals surface area contributed by atoms with E-state index in [1.54, 1.807) is 12.1 Å². The summed E-state index contributed by atoms with van der Waals surface area (Å²) in [6.45, 7) is 0. The minimum atomic E-state index is -0.630. The van der Waals surface area contributed by atoms with Crippen LogP contribution in [0.4, 0.5) is 34.1 Å². The standard InChI is InChI=1S/C55H36N2OS/c1-4-17-37(18-5-1)56(38-19-6-2-7-20-38)41-31-33-43-44-24-16-28-50(54(44)59-53(43)36-41)57(39-21-8-3-9-22-39)40-32-34-47-45(35-40)42-23-10-11-25-46(42)55(47)48-26-12-14-29-51(48)58-52-30-15-13-27-49(52)55/h1-36H/i1D,2D,4D,5D,6D,7D,17D,18D,19D,20D. The Morgan fingerprint density at radius 1 is 0.424 bits per heavy atom. The first kappa shape index (κ1) is 25.1. The fourth-order valence-electron chi connectivity index (χ4n) is 9.16. The fourth-order valence-corrected chi connectivity index (χ4v) is 10.4. The van der Waals surface area contributed by atoms with Crippen molar-refractivity contribution >= 4 is 65.6 Å². The maximum absolute atomic E-state index is 8.98. The molecule has 2 aliphatic rings. The van der Waals surface area contributed by atoms with Gasteiger partial charge in [-0.05, 0) is 101 Å². The summed E-state index contributed by atoms with van der Waals surface area (Å²) in [5.41, 5.74) is 8.40. The van der Waals surface area contributed by atoms with Crippen molar-refractivity contribution in [3.63, 3.8) is 0 Å². The molecule has 2 heterocycles. The van der Waals surface area contributed by atoms with Crippen molar-refractivity contribution in [1.82, 2.24) is 0 Å². The molecule has 0 fully saturated rings. The maximum atomic E-state index is 8.98. The zero-order valence-corrected chi connectivity index (χ0v) is 32.0. The molecule has 4 heteroatoms. The molecule has 0 radical (unpaired) electrons. The van der Waals surface area contributed by atoms with Gasteiger partial charge in [0.2, 0.25) is 0 Å². The van der Waals surface area contributed by atoms with Crippen LogP contribution in [-0.2, 0) is 5.41 Å². The molecular weight excluding hydrogens is 737 g/mol. The number of rotatable bonds is 6. The van der Waals surface area contributed by atoms with Crippen molar-refractivity contribution in [1.29, 1.82) is 0 Å². The number of nitrogens with zero attached hydrogens (tertiary/aromatic N) is 2. The zero-order valence-electron chi connectivity index (χ0n) is 41.2. The van der Waals surface area contributed by atoms with Gasteiger partial charge in [0.15, 0.2) is 0 Å². The number of anilines is 6. The van der Waals surface area contributed by atoms with Gasteiger partial charge >= 0.3 is 0 Å². The Balaban J connectivity index is 1.07. The van der Waals surface area contributed by atoms with Crippen molar-refractivity contribution in [3.05, 3.63) is 240 Å². The molecule has 0 saturated carbocycles. The summed E-state index contributed by atoms with van der Waals surface area (Å²) in [5, 5.41) is 1.82. The first-order valence-electron chi connectivity index (χ1n) is 24.3. The van der Waals surface area contributed by atoms with Crippen LogP contribution in [-0.4, -0.2) is 0 Å². The van der Waals surface area contributed by atoms with E-state index < -0.39 is 65.8 Å². The van der Waals surface area contributed by atoms with E-state index in [2.05, 4.69) is 89.8 Å². The van der Waals surface area contributed by atoms with Crippen molar-refractivity contribution < 1.29 is 18.4 Å². The molecule has 278 valence electrons. The molecule has 59 heavy (non-hydrogen) atoms. The second-order valence-electron chi connectivity index (χ2n) is 14.5. The Hall–Kier alpha value is -7.40. The van der Waals surface area contributed by atoms with Gasteiger partial charge in [0, 0.05) is 55.0 Å². The van der Waals surface area contributed by atoms with E-state index in [1.165, 1.54) is 21.8 Å². The van der Waals surface area contributed by atoms with Crippen LogP contribution in [0, 0.1) is 0 Å². The van der Waals surface area contributed by atoms with Crippen LogP contribution in [0.1, 0.15) is 36.0 Å². The molecule has 0 bridgehead atoms. The average Bonchev–Trinajstić information content (AvgIpc) is 3.90. The summed E-state index contributed by atoms with van der Waals surface area (Å²) in [6.07, 6.45) is 0. The topological polar surface area (TPSA) is 15.7 Å². The third kappa shape index (κ3) is 5.07. The van der Waals surface area contributed by atoms with Crippen molar-refractivity contribution in [2.45, 2.75) is 5.41 Å². The maximum Gasteiger partial charge on any atom is 0.132 e. The van der Waals surface area contributed by atoms with Gasteiger partial charge in [-0.1, -0.05) is 139 Å². The number of ether oxygens (including phenoxy) is 1. The fraction of sp³-hybridized carbons (Fsp3) is 0.0182. The molecule has 12 rings (SSSR count). The lowest BCUT2D eigenvalue weighted by molar-refractivity contribution is 0.436. The lowest BCUT2D eigenvalue weighted by Crippen LogP contribution is -2.32. The van der Waals surface area contributed by atoms with Gasteiger partial charge in [-0.25, -0.2) is 0 Å². The second-order valence-corrected chi connectivity index (χ2v) is 15.6. The minimum absolute atomic E-state index is 0.245. The summed E-state index contributed by atoms with van der Waals surface area (Å²) in [5.74, 6) is 1.64. The molecule has 0 saturated heterocycles. The van der Waals surface area contributed by atoms with E-state index >= 15 is 0 Å². The van der Waals surface area contributed by atoms with Crippen LogP contribution in [0.15, 0.2) is 218 Å². The highest BCUT2D eigenvalue weighted by atomic mass is 32.1. The normalized spacial score (nSPS) is 15.4. The Morgan fingerprint density at radius 2 is 1.02 bits per heavy atom. The molecule has 1 aliphatic heterocycles. The van der Waals surface area contributed by atoms with Gasteiger partial charge < -0.3 is 14.5 Å². The number of hydrogen-bond acceptors (Lipinski definition) is 4. The molecule has 1 aromatic heterocycles. The first-order chi connectivity index (χ1) is 33.4. The van der Waals surface area contributed by atoms with Gasteiger partial charge in [-0.2, -0.15) is 0 Å². The van der Waals surface area contributed by atoms with Gasteiger partial charge in [-0.3, -0.25) is 0 Å². The van der Waals surface area contributed by atoms with Crippen LogP contribution in [0.3, 0.4) is 0 Å². The van der Waals surface area contributed by atoms with E-state index in [-0.39, 0.29) is 17.1 Å². The molecule has 0 N–H and O–H groups in total. The number of thiophene rings is 1. The largest absolute Gasteiger partial charge is 0.457 e. The molecule has 3 nitrogen and oxygen atoms in total. The summed E-state index contributed by atoms with van der Waals surface area (Å²) in [6, 6.07) is 47.5. The molecule has 0 atom stereocenters. The van der Waals surface area contributed by atoms with Crippen LogP contribution >= 0.6 is 11.3 Å². The van der Waals surface area contributed by atoms with Crippen molar-refractivity contribution in [2.75, 3.05) is 9.80 Å². The second kappa shape index (κ2) is 13.3. The van der Waals surface area contributed by atoms with Crippen molar-refractivity contribution in [2.24, 2.45) is 0 Å². The van der Waals surface area contributed by atoms with Gasteiger partial charge in [-0.15, -0.1) is 11.3 Å².